The van der Waals surface area contributed by atoms with Crippen LogP contribution in [0.25, 0.3) is 0 Å². The second-order valence-corrected chi connectivity index (χ2v) is 34.0. The minimum atomic E-state index is -1.11. The van der Waals surface area contributed by atoms with Crippen molar-refractivity contribution in [1.82, 2.24) is 0 Å². The number of ether oxygens (including phenoxy) is 1. The van der Waals surface area contributed by atoms with Crippen molar-refractivity contribution in [3.63, 3.8) is 0 Å². The molecule has 0 saturated heterocycles. The fourth-order valence-electron chi connectivity index (χ4n) is 8.10. The zero-order chi connectivity index (χ0) is 44.3. The molecule has 2 atom stereocenters. The Bertz CT molecular complexity index is 1590. The quantitative estimate of drug-likeness (QED) is 0.102. The molecule has 0 N–H and O–H groups in total. The Labute approximate surface area is 371 Å². The number of hydrogen-bond acceptors (Lipinski definition) is 2. The van der Waals surface area contributed by atoms with Gasteiger partial charge in [0, 0.05) is 27.8 Å². The summed E-state index contributed by atoms with van der Waals surface area (Å²) in [5, 5.41) is 0.646. The number of hydrogen-bond donors (Lipinski definition) is 0. The Morgan fingerprint density at radius 3 is 1.19 bits per heavy atom. The van der Waals surface area contributed by atoms with Crippen molar-refractivity contribution >= 4 is 35.4 Å². The molecule has 322 valence electrons. The van der Waals surface area contributed by atoms with Crippen LogP contribution in [0.1, 0.15) is 180 Å². The minimum absolute atomic E-state index is 0.128. The summed E-state index contributed by atoms with van der Waals surface area (Å²) in [7, 11) is -1.87. The number of rotatable bonds is 7. The third kappa shape index (κ3) is 15.4. The molecule has 1 fully saturated rings. The molecular weight excluding hydrogens is 890 g/mol. The molecule has 0 radical (unpaired) electrons. The summed E-state index contributed by atoms with van der Waals surface area (Å²) in [5.74, 6) is 0.930. The van der Waals surface area contributed by atoms with E-state index >= 15 is 0 Å². The van der Waals surface area contributed by atoms with Crippen LogP contribution in [0.15, 0.2) is 60.7 Å². The van der Waals surface area contributed by atoms with Crippen LogP contribution in [0.3, 0.4) is 0 Å². The molecule has 0 spiro atoms. The molecule has 0 aliphatic heterocycles. The van der Waals surface area contributed by atoms with Crippen LogP contribution in [0, 0.1) is 6.07 Å². The van der Waals surface area contributed by atoms with E-state index < -0.39 is 16.0 Å². The predicted molar refractivity (Wildman–Crippen MR) is 257 cm³/mol. The van der Waals surface area contributed by atoms with Crippen LogP contribution in [-0.4, -0.2) is 36.6 Å². The van der Waals surface area contributed by atoms with Crippen molar-refractivity contribution in [2.45, 2.75) is 200 Å². The summed E-state index contributed by atoms with van der Waals surface area (Å²) in [4.78, 5) is 11.5. The molecule has 3 aromatic carbocycles. The standard InChI is InChI=1S/C39H63P.C12H17O2Si.BrH.Pd/c1-34(2,3)27-19-25(20-28(23-27)35(4,5)6)31-32(33(31)40(38(13,14)15)39(16,17)18)26-21-29(36(7,8)9)24-30(22-26)37(10,11)12;1-15(2,3)10-9-14-12(13)11-7-5-4-6-8-11;;/h19-24,31-33H,1-18H3;5-8H,9-10H2,1-3H3;1H;/q;-1;;+2/t31-,32-;;;/m1.../s1. The first-order valence-corrected chi connectivity index (χ1v) is 29.9. The predicted octanol–water partition coefficient (Wildman–Crippen LogP) is 15.8. The van der Waals surface area contributed by atoms with Crippen LogP contribution < -0.4 is 0 Å². The van der Waals surface area contributed by atoms with Crippen LogP contribution in [0.5, 0.6) is 0 Å². The van der Waals surface area contributed by atoms with Gasteiger partial charge in [-0.1, -0.05) is 139 Å². The number of carbonyl (C=O) groups is 1. The maximum atomic E-state index is 11.5. The molecule has 1 aliphatic carbocycles. The molecule has 0 amide bonds. The van der Waals surface area contributed by atoms with Crippen LogP contribution in [0.2, 0.25) is 25.7 Å². The molecule has 1 saturated carbocycles. The molecule has 57 heavy (non-hydrogen) atoms. The summed E-state index contributed by atoms with van der Waals surface area (Å²) >= 11 is 5.35. The third-order valence-corrected chi connectivity index (χ3v) is 17.5. The average molecular weight is 972 g/mol. The molecule has 1 aliphatic rings. The number of benzene rings is 3. The van der Waals surface area contributed by atoms with Crippen LogP contribution >= 0.6 is 21.4 Å². The Balaban J connectivity index is 0.000000550. The first kappa shape index (κ1) is 52.1. The maximum absolute atomic E-state index is 11.5. The summed E-state index contributed by atoms with van der Waals surface area (Å²) in [6.07, 6.45) is 0. The van der Waals surface area contributed by atoms with Crippen LogP contribution in [-0.2, 0) is 43.6 Å². The van der Waals surface area contributed by atoms with Gasteiger partial charge in [0.05, 0.1) is 22.6 Å². The Kier molecular flexibility index (Phi) is 17.6. The molecular formula is C51H81BrO2PPdSi+. The topological polar surface area (TPSA) is 26.3 Å². The number of carbonyl (C=O) groups excluding carboxylic acids is 1. The van der Waals surface area contributed by atoms with E-state index in [1.165, 1.54) is 22.3 Å². The number of halogens is 1. The van der Waals surface area contributed by atoms with Crippen molar-refractivity contribution in [3.05, 3.63) is 106 Å². The molecule has 0 bridgehead atoms. The van der Waals surface area contributed by atoms with Gasteiger partial charge in [-0.3, -0.25) is 0 Å². The first-order chi connectivity index (χ1) is 25.6. The molecule has 4 rings (SSSR count). The van der Waals surface area contributed by atoms with Crippen molar-refractivity contribution in [1.29, 1.82) is 0 Å². The van der Waals surface area contributed by atoms with Gasteiger partial charge in [0.2, 0.25) is 0 Å². The van der Waals surface area contributed by atoms with Crippen molar-refractivity contribution in [3.8, 4) is 0 Å². The fourth-order valence-corrected chi connectivity index (χ4v) is 14.5. The summed E-state index contributed by atoms with van der Waals surface area (Å²) in [6, 6.07) is 26.1. The zero-order valence-corrected chi connectivity index (χ0v) is 45.1. The average Bonchev–Trinajstić information content (AvgIpc) is 3.76. The van der Waals surface area contributed by atoms with Gasteiger partial charge in [-0.05, 0) is 108 Å². The SMILES string of the molecule is CC(C)(C)c1cc([C@H]2C([PH+](C(C)(C)C)C(C)(C)C)[C@@H]2c2cc(C(C)(C)C)cc(C(C)(C)C)c2)cc(C(C)(C)C)c1.C[Si](C)(C)CCOC(=O)c1cc[c-]cc1.[Br][Pd+]. The summed E-state index contributed by atoms with van der Waals surface area (Å²) in [5.41, 5.74) is 10.9. The monoisotopic (exact) mass is 969 g/mol. The van der Waals surface area contributed by atoms with E-state index in [4.69, 9.17) is 4.74 Å². The van der Waals surface area contributed by atoms with Crippen molar-refractivity contribution in [2.75, 3.05) is 6.61 Å². The number of esters is 1. The van der Waals surface area contributed by atoms with E-state index in [-0.39, 0.29) is 27.6 Å². The zero-order valence-electron chi connectivity index (χ0n) is 39.9. The van der Waals surface area contributed by atoms with Crippen molar-refractivity contribution < 1.29 is 26.7 Å². The van der Waals surface area contributed by atoms with E-state index in [1.807, 2.05) is 0 Å². The van der Waals surface area contributed by atoms with Gasteiger partial charge >= 0.3 is 36.6 Å². The van der Waals surface area contributed by atoms with E-state index in [0.29, 0.717) is 34.3 Å². The van der Waals surface area contributed by atoms with Gasteiger partial charge in [0.15, 0.2) is 0 Å². The van der Waals surface area contributed by atoms with E-state index in [2.05, 4.69) is 217 Å². The molecule has 6 heteroatoms. The molecule has 0 heterocycles. The summed E-state index contributed by atoms with van der Waals surface area (Å²) in [6.45, 7) is 51.0. The second kappa shape index (κ2) is 19.3. The van der Waals surface area contributed by atoms with Crippen molar-refractivity contribution in [2.24, 2.45) is 0 Å². The van der Waals surface area contributed by atoms with Crippen LogP contribution in [0.4, 0.5) is 0 Å². The Morgan fingerprint density at radius 1 is 0.614 bits per heavy atom. The van der Waals surface area contributed by atoms with E-state index in [1.54, 1.807) is 35.4 Å². The molecule has 0 unspecified atom stereocenters. The second-order valence-electron chi connectivity index (χ2n) is 23.9. The Morgan fingerprint density at radius 2 is 0.930 bits per heavy atom. The van der Waals surface area contributed by atoms with Gasteiger partial charge in [0.1, 0.15) is 0 Å². The molecule has 3 aromatic rings. The van der Waals surface area contributed by atoms with Gasteiger partial charge < -0.3 is 4.74 Å². The molecule has 0 aromatic heterocycles. The first-order valence-electron chi connectivity index (χ1n) is 21.1. The Hall–Kier alpha value is -1.08. The normalized spacial score (nSPS) is 17.9. The fraction of sp³-hybridized carbons (Fsp3) is 0.627. The van der Waals surface area contributed by atoms with E-state index in [0.717, 1.165) is 11.7 Å². The van der Waals surface area contributed by atoms with Gasteiger partial charge in [-0.25, -0.2) is 4.79 Å². The van der Waals surface area contributed by atoms with Gasteiger partial charge in [0.25, 0.3) is 0 Å². The third-order valence-electron chi connectivity index (χ3n) is 11.2. The van der Waals surface area contributed by atoms with E-state index in [9.17, 15) is 4.79 Å². The van der Waals surface area contributed by atoms with Gasteiger partial charge in [-0.2, -0.15) is 30.3 Å². The summed E-state index contributed by atoms with van der Waals surface area (Å²) < 4.78 is 5.19. The molecule has 2 nitrogen and oxygen atoms in total. The van der Waals surface area contributed by atoms with Gasteiger partial charge in [-0.15, -0.1) is 0 Å².